The van der Waals surface area contributed by atoms with E-state index in [0.717, 1.165) is 11.1 Å². The average molecular weight is 476 g/mol. The summed E-state index contributed by atoms with van der Waals surface area (Å²) >= 11 is 0. The predicted molar refractivity (Wildman–Crippen MR) is 140 cm³/mol. The van der Waals surface area contributed by atoms with Crippen molar-refractivity contribution < 1.29 is 19.1 Å². The van der Waals surface area contributed by atoms with Gasteiger partial charge >= 0.3 is 0 Å². The van der Waals surface area contributed by atoms with E-state index >= 15 is 0 Å². The fourth-order valence-corrected chi connectivity index (χ4v) is 4.39. The lowest BCUT2D eigenvalue weighted by atomic mass is 9.96. The van der Waals surface area contributed by atoms with Crippen molar-refractivity contribution in [2.75, 3.05) is 12.0 Å². The van der Waals surface area contributed by atoms with E-state index in [1.165, 1.54) is 6.92 Å². The Balaban J connectivity index is 1.75. The lowest BCUT2D eigenvalue weighted by Crippen LogP contribution is -2.41. The van der Waals surface area contributed by atoms with E-state index in [2.05, 4.69) is 0 Å². The minimum atomic E-state index is -0.792. The van der Waals surface area contributed by atoms with E-state index in [1.54, 1.807) is 36.3 Å². The number of carbonyl (C=O) groups excluding carboxylic acids is 2. The molecule has 0 saturated carbocycles. The third kappa shape index (κ3) is 4.27. The van der Waals surface area contributed by atoms with Crippen molar-refractivity contribution in [3.8, 4) is 5.75 Å². The first-order valence-corrected chi connectivity index (χ1v) is 11.7. The van der Waals surface area contributed by atoms with Crippen molar-refractivity contribution in [3.05, 3.63) is 131 Å². The molecule has 0 saturated heterocycles. The van der Waals surface area contributed by atoms with Crippen LogP contribution in [0.25, 0.3) is 11.3 Å². The van der Waals surface area contributed by atoms with E-state index < -0.39 is 6.23 Å². The smallest absolute Gasteiger partial charge is 0.265 e. The normalized spacial score (nSPS) is 15.4. The third-order valence-electron chi connectivity index (χ3n) is 6.18. The number of nitrogens with zero attached hydrogens (tertiary/aromatic N) is 1. The molecule has 0 radical (unpaired) electrons. The highest BCUT2D eigenvalue weighted by Crippen LogP contribution is 2.44. The van der Waals surface area contributed by atoms with Gasteiger partial charge in [0.1, 0.15) is 11.5 Å². The SMILES string of the molecule is COc1ccccc1C1OC(c2ccccc2)=C(c2ccccc2)C(=O)N1c1ccc(C(C)=O)cc1. The van der Waals surface area contributed by atoms with Crippen LogP contribution in [0.15, 0.2) is 109 Å². The molecule has 1 atom stereocenters. The van der Waals surface area contributed by atoms with E-state index in [-0.39, 0.29) is 11.7 Å². The summed E-state index contributed by atoms with van der Waals surface area (Å²) in [5.41, 5.74) is 3.91. The van der Waals surface area contributed by atoms with Gasteiger partial charge in [0.05, 0.1) is 18.2 Å². The van der Waals surface area contributed by atoms with Crippen molar-refractivity contribution in [1.82, 2.24) is 0 Å². The lowest BCUT2D eigenvalue weighted by Gasteiger charge is -2.39. The van der Waals surface area contributed by atoms with E-state index in [4.69, 9.17) is 9.47 Å². The van der Waals surface area contributed by atoms with Gasteiger partial charge in [0, 0.05) is 16.8 Å². The number of benzene rings is 4. The molecule has 0 fully saturated rings. The van der Waals surface area contributed by atoms with Gasteiger partial charge < -0.3 is 9.47 Å². The molecule has 0 aromatic heterocycles. The average Bonchev–Trinajstić information content (AvgIpc) is 2.93. The molecule has 0 bridgehead atoms. The highest BCUT2D eigenvalue weighted by molar-refractivity contribution is 6.32. The summed E-state index contributed by atoms with van der Waals surface area (Å²) in [5, 5.41) is 0. The monoisotopic (exact) mass is 475 g/mol. The fourth-order valence-electron chi connectivity index (χ4n) is 4.39. The Kier molecular flexibility index (Phi) is 6.37. The molecule has 1 unspecified atom stereocenters. The number of methoxy groups -OCH3 is 1. The number of hydrogen-bond donors (Lipinski definition) is 0. The van der Waals surface area contributed by atoms with Gasteiger partial charge in [0.15, 0.2) is 5.78 Å². The van der Waals surface area contributed by atoms with Crippen LogP contribution in [0.3, 0.4) is 0 Å². The quantitative estimate of drug-likeness (QED) is 0.298. The van der Waals surface area contributed by atoms with E-state index in [0.29, 0.717) is 33.9 Å². The van der Waals surface area contributed by atoms with Crippen LogP contribution in [-0.4, -0.2) is 18.8 Å². The topological polar surface area (TPSA) is 55.8 Å². The van der Waals surface area contributed by atoms with Crippen LogP contribution in [0.1, 0.15) is 40.2 Å². The molecule has 1 heterocycles. The molecule has 5 rings (SSSR count). The van der Waals surface area contributed by atoms with Crippen LogP contribution in [0.5, 0.6) is 5.75 Å². The molecule has 1 aliphatic heterocycles. The molecule has 36 heavy (non-hydrogen) atoms. The summed E-state index contributed by atoms with van der Waals surface area (Å²) in [6.45, 7) is 1.52. The number of ether oxygens (including phenoxy) is 2. The second kappa shape index (κ2) is 9.92. The van der Waals surface area contributed by atoms with Gasteiger partial charge in [-0.1, -0.05) is 72.8 Å². The van der Waals surface area contributed by atoms with Crippen molar-refractivity contribution in [2.24, 2.45) is 0 Å². The van der Waals surface area contributed by atoms with Crippen molar-refractivity contribution >= 4 is 28.7 Å². The zero-order valence-corrected chi connectivity index (χ0v) is 20.0. The maximum atomic E-state index is 14.4. The number of anilines is 1. The maximum Gasteiger partial charge on any atom is 0.265 e. The maximum absolute atomic E-state index is 14.4. The molecular formula is C31H25NO4. The summed E-state index contributed by atoms with van der Waals surface area (Å²) in [5.74, 6) is 0.855. The number of Topliss-reactive ketones (excluding diaryl/α,β-unsaturated/α-hetero) is 1. The van der Waals surface area contributed by atoms with Gasteiger partial charge in [-0.3, -0.25) is 14.5 Å². The summed E-state index contributed by atoms with van der Waals surface area (Å²) < 4.78 is 12.4. The number of ketones is 1. The third-order valence-corrected chi connectivity index (χ3v) is 6.18. The Hall–Kier alpha value is -4.64. The number of hydrogen-bond acceptors (Lipinski definition) is 4. The Morgan fingerprint density at radius 3 is 1.97 bits per heavy atom. The van der Waals surface area contributed by atoms with E-state index in [1.807, 2.05) is 84.9 Å². The molecule has 5 nitrogen and oxygen atoms in total. The highest BCUT2D eigenvalue weighted by Gasteiger charge is 2.40. The predicted octanol–water partition coefficient (Wildman–Crippen LogP) is 6.53. The number of rotatable bonds is 6. The Morgan fingerprint density at radius 2 is 1.36 bits per heavy atom. The standard InChI is InChI=1S/C31H25NO4/c1-21(33)22-17-19-25(20-18-22)32-30(34)28(23-11-5-3-6-12-23)29(24-13-7-4-8-14-24)36-31(32)26-15-9-10-16-27(26)35-2/h3-20,31H,1-2H3. The van der Waals surface area contributed by atoms with Crippen LogP contribution in [0, 0.1) is 0 Å². The van der Waals surface area contributed by atoms with E-state index in [9.17, 15) is 9.59 Å². The fraction of sp³-hybridized carbons (Fsp3) is 0.0968. The van der Waals surface area contributed by atoms with Gasteiger partial charge in [-0.25, -0.2) is 0 Å². The molecule has 1 amide bonds. The Morgan fingerprint density at radius 1 is 0.778 bits per heavy atom. The Bertz CT molecular complexity index is 1430. The molecule has 4 aromatic carbocycles. The molecule has 178 valence electrons. The van der Waals surface area contributed by atoms with Crippen molar-refractivity contribution in [2.45, 2.75) is 13.2 Å². The second-order valence-corrected chi connectivity index (χ2v) is 8.43. The summed E-state index contributed by atoms with van der Waals surface area (Å²) in [6.07, 6.45) is -0.792. The van der Waals surface area contributed by atoms with Gasteiger partial charge in [-0.15, -0.1) is 0 Å². The summed E-state index contributed by atoms with van der Waals surface area (Å²) in [4.78, 5) is 27.9. The second-order valence-electron chi connectivity index (χ2n) is 8.43. The first kappa shape index (κ1) is 23.1. The van der Waals surface area contributed by atoms with Gasteiger partial charge in [-0.05, 0) is 48.9 Å². The molecule has 5 heteroatoms. The van der Waals surface area contributed by atoms with Crippen LogP contribution in [-0.2, 0) is 9.53 Å². The molecule has 1 aliphatic rings. The molecule has 4 aromatic rings. The first-order chi connectivity index (χ1) is 17.6. The number of amides is 1. The van der Waals surface area contributed by atoms with Gasteiger partial charge in [0.2, 0.25) is 6.23 Å². The zero-order chi connectivity index (χ0) is 25.1. The van der Waals surface area contributed by atoms with Crippen LogP contribution >= 0.6 is 0 Å². The van der Waals surface area contributed by atoms with Gasteiger partial charge in [-0.2, -0.15) is 0 Å². The van der Waals surface area contributed by atoms with Crippen LogP contribution < -0.4 is 9.64 Å². The molecule has 0 aliphatic carbocycles. The number of carbonyl (C=O) groups is 2. The van der Waals surface area contributed by atoms with Crippen molar-refractivity contribution in [3.63, 3.8) is 0 Å². The minimum Gasteiger partial charge on any atom is -0.496 e. The van der Waals surface area contributed by atoms with Gasteiger partial charge in [0.25, 0.3) is 5.91 Å². The molecule has 0 spiro atoms. The van der Waals surface area contributed by atoms with Crippen LogP contribution in [0.4, 0.5) is 5.69 Å². The lowest BCUT2D eigenvalue weighted by molar-refractivity contribution is -0.116. The largest absolute Gasteiger partial charge is 0.496 e. The van der Waals surface area contributed by atoms with Crippen LogP contribution in [0.2, 0.25) is 0 Å². The zero-order valence-electron chi connectivity index (χ0n) is 20.0. The number of para-hydroxylation sites is 1. The summed E-state index contributed by atoms with van der Waals surface area (Å²) in [6, 6.07) is 33.7. The van der Waals surface area contributed by atoms with Crippen molar-refractivity contribution in [1.29, 1.82) is 0 Å². The Labute approximate surface area is 210 Å². The molecular weight excluding hydrogens is 450 g/mol. The summed E-state index contributed by atoms with van der Waals surface area (Å²) in [7, 11) is 1.60. The first-order valence-electron chi connectivity index (χ1n) is 11.7. The minimum absolute atomic E-state index is 0.0414. The highest BCUT2D eigenvalue weighted by atomic mass is 16.5. The molecule has 0 N–H and O–H groups in total.